The van der Waals surface area contributed by atoms with Crippen LogP contribution in [0.15, 0.2) is 48.5 Å². The Hall–Kier alpha value is -2.17. The minimum absolute atomic E-state index is 0.0725. The van der Waals surface area contributed by atoms with Crippen LogP contribution < -0.4 is 5.32 Å². The second-order valence-electron chi connectivity index (χ2n) is 7.32. The van der Waals surface area contributed by atoms with Gasteiger partial charge >= 0.3 is 0 Å². The van der Waals surface area contributed by atoms with E-state index in [-0.39, 0.29) is 5.91 Å². The molecule has 1 aliphatic heterocycles. The number of carbonyl (C=O) groups excluding carboxylic acids is 1. The number of hydrogen-bond donors (Lipinski definition) is 1. The minimum atomic E-state index is 0.0725. The summed E-state index contributed by atoms with van der Waals surface area (Å²) in [6.45, 7) is 7.47. The highest BCUT2D eigenvalue weighted by molar-refractivity contribution is 5.90. The Bertz CT molecular complexity index is 736. The maximum atomic E-state index is 12.3. The molecule has 0 spiro atoms. The molecule has 138 valence electrons. The monoisotopic (exact) mass is 351 g/mol. The van der Waals surface area contributed by atoms with E-state index in [1.165, 1.54) is 16.7 Å². The molecule has 0 bridgehead atoms. The van der Waals surface area contributed by atoms with E-state index in [0.29, 0.717) is 6.42 Å². The van der Waals surface area contributed by atoms with Crippen LogP contribution in [-0.2, 0) is 17.8 Å². The predicted molar refractivity (Wildman–Crippen MR) is 107 cm³/mol. The SMILES string of the molecule is Cc1cccc(CCC(=O)Nc2cccc(CN3CCN(C)CC3)c2)c1. The van der Waals surface area contributed by atoms with Crippen LogP contribution in [0.5, 0.6) is 0 Å². The van der Waals surface area contributed by atoms with Crippen molar-refractivity contribution in [3.05, 3.63) is 65.2 Å². The molecule has 26 heavy (non-hydrogen) atoms. The van der Waals surface area contributed by atoms with Crippen molar-refractivity contribution in [2.24, 2.45) is 0 Å². The molecule has 1 amide bonds. The highest BCUT2D eigenvalue weighted by Gasteiger charge is 2.14. The lowest BCUT2D eigenvalue weighted by molar-refractivity contribution is -0.116. The maximum absolute atomic E-state index is 12.3. The minimum Gasteiger partial charge on any atom is -0.326 e. The Balaban J connectivity index is 1.50. The third kappa shape index (κ3) is 5.68. The molecular formula is C22H29N3O. The van der Waals surface area contributed by atoms with Gasteiger partial charge in [-0.15, -0.1) is 0 Å². The Kier molecular flexibility index (Phi) is 6.42. The van der Waals surface area contributed by atoms with Crippen LogP contribution in [0.25, 0.3) is 0 Å². The summed E-state index contributed by atoms with van der Waals surface area (Å²) in [5.41, 5.74) is 4.60. The number of nitrogens with zero attached hydrogens (tertiary/aromatic N) is 2. The Morgan fingerprint density at radius 3 is 2.50 bits per heavy atom. The molecule has 1 aliphatic rings. The standard InChI is InChI=1S/C22H29N3O/c1-18-5-3-6-19(15-18)9-10-22(26)23-21-8-4-7-20(16-21)17-25-13-11-24(2)12-14-25/h3-8,15-16H,9-14,17H2,1-2H3,(H,23,26). The molecule has 1 saturated heterocycles. The summed E-state index contributed by atoms with van der Waals surface area (Å²) in [4.78, 5) is 17.1. The van der Waals surface area contributed by atoms with E-state index in [9.17, 15) is 4.79 Å². The van der Waals surface area contributed by atoms with Crippen molar-refractivity contribution in [2.75, 3.05) is 38.5 Å². The van der Waals surface area contributed by atoms with Gasteiger partial charge in [-0.3, -0.25) is 9.69 Å². The molecule has 4 heteroatoms. The van der Waals surface area contributed by atoms with Gasteiger partial charge in [-0.2, -0.15) is 0 Å². The van der Waals surface area contributed by atoms with Crippen molar-refractivity contribution in [2.45, 2.75) is 26.3 Å². The zero-order valence-electron chi connectivity index (χ0n) is 15.9. The molecule has 1 fully saturated rings. The van der Waals surface area contributed by atoms with Gasteiger partial charge in [-0.1, -0.05) is 42.0 Å². The number of rotatable bonds is 6. The number of carbonyl (C=O) groups is 1. The average Bonchev–Trinajstić information content (AvgIpc) is 2.62. The zero-order valence-corrected chi connectivity index (χ0v) is 15.9. The summed E-state index contributed by atoms with van der Waals surface area (Å²) in [6.07, 6.45) is 1.28. The van der Waals surface area contributed by atoms with Gasteiger partial charge in [-0.05, 0) is 43.7 Å². The van der Waals surface area contributed by atoms with Crippen molar-refractivity contribution in [3.63, 3.8) is 0 Å². The summed E-state index contributed by atoms with van der Waals surface area (Å²) >= 11 is 0. The van der Waals surface area contributed by atoms with Gasteiger partial charge in [0, 0.05) is 44.8 Å². The molecule has 2 aromatic carbocycles. The smallest absolute Gasteiger partial charge is 0.224 e. The second kappa shape index (κ2) is 8.97. The van der Waals surface area contributed by atoms with Crippen LogP contribution in [0.2, 0.25) is 0 Å². The van der Waals surface area contributed by atoms with E-state index in [1.807, 2.05) is 18.2 Å². The van der Waals surface area contributed by atoms with Gasteiger partial charge < -0.3 is 10.2 Å². The first kappa shape index (κ1) is 18.6. The summed E-state index contributed by atoms with van der Waals surface area (Å²) in [6, 6.07) is 16.6. The number of amides is 1. The lowest BCUT2D eigenvalue weighted by Crippen LogP contribution is -2.43. The number of aryl methyl sites for hydroxylation is 2. The molecule has 1 heterocycles. The number of benzene rings is 2. The van der Waals surface area contributed by atoms with E-state index in [4.69, 9.17) is 0 Å². The summed E-state index contributed by atoms with van der Waals surface area (Å²) in [5.74, 6) is 0.0725. The molecule has 0 saturated carbocycles. The topological polar surface area (TPSA) is 35.6 Å². The van der Waals surface area contributed by atoms with Gasteiger partial charge in [0.25, 0.3) is 0 Å². The Labute approximate surface area is 156 Å². The van der Waals surface area contributed by atoms with Crippen LogP contribution in [-0.4, -0.2) is 48.9 Å². The Morgan fingerprint density at radius 2 is 1.73 bits per heavy atom. The third-order valence-electron chi connectivity index (χ3n) is 4.94. The first-order valence-electron chi connectivity index (χ1n) is 9.44. The van der Waals surface area contributed by atoms with E-state index >= 15 is 0 Å². The van der Waals surface area contributed by atoms with E-state index in [0.717, 1.165) is 44.8 Å². The molecule has 0 atom stereocenters. The van der Waals surface area contributed by atoms with Crippen molar-refractivity contribution < 1.29 is 4.79 Å². The second-order valence-corrected chi connectivity index (χ2v) is 7.32. The molecule has 0 radical (unpaired) electrons. The number of anilines is 1. The van der Waals surface area contributed by atoms with Gasteiger partial charge in [0.05, 0.1) is 0 Å². The lowest BCUT2D eigenvalue weighted by Gasteiger charge is -2.32. The molecule has 3 rings (SSSR count). The third-order valence-corrected chi connectivity index (χ3v) is 4.94. The van der Waals surface area contributed by atoms with Crippen molar-refractivity contribution >= 4 is 11.6 Å². The highest BCUT2D eigenvalue weighted by atomic mass is 16.1. The molecule has 0 unspecified atom stereocenters. The van der Waals surface area contributed by atoms with E-state index < -0.39 is 0 Å². The highest BCUT2D eigenvalue weighted by Crippen LogP contribution is 2.15. The normalized spacial score (nSPS) is 15.8. The molecule has 0 aromatic heterocycles. The number of piperazine rings is 1. The van der Waals surface area contributed by atoms with Crippen molar-refractivity contribution in [1.29, 1.82) is 0 Å². The molecule has 2 aromatic rings. The average molecular weight is 351 g/mol. The van der Waals surface area contributed by atoms with Gasteiger partial charge in [0.15, 0.2) is 0 Å². The first-order valence-corrected chi connectivity index (χ1v) is 9.44. The van der Waals surface area contributed by atoms with Crippen molar-refractivity contribution in [3.8, 4) is 0 Å². The fourth-order valence-electron chi connectivity index (χ4n) is 3.36. The molecule has 0 aliphatic carbocycles. The van der Waals surface area contributed by atoms with Crippen LogP contribution in [0.3, 0.4) is 0 Å². The lowest BCUT2D eigenvalue weighted by atomic mass is 10.1. The largest absolute Gasteiger partial charge is 0.326 e. The van der Waals surface area contributed by atoms with Gasteiger partial charge in [-0.25, -0.2) is 0 Å². The van der Waals surface area contributed by atoms with Crippen LogP contribution >= 0.6 is 0 Å². The van der Waals surface area contributed by atoms with Crippen LogP contribution in [0.4, 0.5) is 5.69 Å². The van der Waals surface area contributed by atoms with Gasteiger partial charge in [0.1, 0.15) is 0 Å². The number of hydrogen-bond acceptors (Lipinski definition) is 3. The predicted octanol–water partition coefficient (Wildman–Crippen LogP) is 3.31. The van der Waals surface area contributed by atoms with Crippen LogP contribution in [0.1, 0.15) is 23.1 Å². The van der Waals surface area contributed by atoms with Gasteiger partial charge in [0.2, 0.25) is 5.91 Å². The Morgan fingerprint density at radius 1 is 1.00 bits per heavy atom. The van der Waals surface area contributed by atoms with Crippen LogP contribution in [0, 0.1) is 6.92 Å². The first-order chi connectivity index (χ1) is 12.6. The zero-order chi connectivity index (χ0) is 18.4. The fraction of sp³-hybridized carbons (Fsp3) is 0.409. The summed E-state index contributed by atoms with van der Waals surface area (Å²) in [7, 11) is 2.17. The quantitative estimate of drug-likeness (QED) is 0.867. The molecule has 4 nitrogen and oxygen atoms in total. The number of likely N-dealkylation sites (N-methyl/N-ethyl adjacent to an activating group) is 1. The summed E-state index contributed by atoms with van der Waals surface area (Å²) < 4.78 is 0. The summed E-state index contributed by atoms with van der Waals surface area (Å²) in [5, 5.41) is 3.05. The fourth-order valence-corrected chi connectivity index (χ4v) is 3.36. The van der Waals surface area contributed by atoms with E-state index in [1.54, 1.807) is 0 Å². The number of nitrogens with one attached hydrogen (secondary N) is 1. The maximum Gasteiger partial charge on any atom is 0.224 e. The molecule has 1 N–H and O–H groups in total. The molecular weight excluding hydrogens is 322 g/mol. The van der Waals surface area contributed by atoms with Crippen molar-refractivity contribution in [1.82, 2.24) is 9.80 Å². The van der Waals surface area contributed by atoms with E-state index in [2.05, 4.69) is 59.4 Å².